The van der Waals surface area contributed by atoms with Crippen LogP contribution in [0.5, 0.6) is 0 Å². The third-order valence-electron chi connectivity index (χ3n) is 3.64. The first-order valence-corrected chi connectivity index (χ1v) is 7.72. The molecule has 2 rings (SSSR count). The minimum Gasteiger partial charge on any atom is -0.312 e. The summed E-state index contributed by atoms with van der Waals surface area (Å²) < 4.78 is 4.21. The van der Waals surface area contributed by atoms with E-state index < -0.39 is 0 Å². The van der Waals surface area contributed by atoms with Gasteiger partial charge in [-0.1, -0.05) is 13.8 Å². The lowest BCUT2D eigenvalue weighted by Crippen LogP contribution is -2.25. The Morgan fingerprint density at radius 3 is 2.67 bits per heavy atom. The van der Waals surface area contributed by atoms with Gasteiger partial charge in [-0.15, -0.1) is 0 Å². The molecule has 6 heteroatoms. The smallest absolute Gasteiger partial charge is 0.261 e. The van der Waals surface area contributed by atoms with Gasteiger partial charge in [0.1, 0.15) is 0 Å². The largest absolute Gasteiger partial charge is 0.312 e. The number of aryl methyl sites for hydroxylation is 1. The van der Waals surface area contributed by atoms with Crippen LogP contribution >= 0.6 is 12.2 Å². The van der Waals surface area contributed by atoms with E-state index in [2.05, 4.69) is 24.0 Å². The number of aromatic nitrogens is 4. The number of nitrogens with one attached hydrogen (secondary N) is 1. The summed E-state index contributed by atoms with van der Waals surface area (Å²) in [7, 11) is 0. The van der Waals surface area contributed by atoms with Crippen LogP contribution in [0, 0.1) is 17.6 Å². The first-order chi connectivity index (χ1) is 9.95. The minimum absolute atomic E-state index is 0.000602. The highest BCUT2D eigenvalue weighted by molar-refractivity contribution is 7.71. The van der Waals surface area contributed by atoms with E-state index >= 15 is 0 Å². The Morgan fingerprint density at radius 1 is 1.33 bits per heavy atom. The average Bonchev–Trinajstić information content (AvgIpc) is 2.79. The number of nitrogens with zero attached hydrogens (tertiary/aromatic N) is 3. The Kier molecular flexibility index (Phi) is 4.77. The van der Waals surface area contributed by atoms with Crippen molar-refractivity contribution in [1.29, 1.82) is 0 Å². The quantitative estimate of drug-likeness (QED) is 0.863. The second-order valence-corrected chi connectivity index (χ2v) is 6.01. The van der Waals surface area contributed by atoms with Crippen molar-refractivity contribution in [2.45, 2.75) is 47.2 Å². The summed E-state index contributed by atoms with van der Waals surface area (Å²) in [5.74, 6) is 1.18. The maximum atomic E-state index is 12.7. The molecule has 2 aromatic heterocycles. The number of pyridine rings is 1. The monoisotopic (exact) mass is 306 g/mol. The van der Waals surface area contributed by atoms with Crippen molar-refractivity contribution in [2.24, 2.45) is 5.92 Å². The fraction of sp³-hybridized carbons (Fsp3) is 0.533. The minimum atomic E-state index is -0.000602. The molecular weight excluding hydrogens is 284 g/mol. The van der Waals surface area contributed by atoms with Gasteiger partial charge in [0.25, 0.3) is 5.56 Å². The van der Waals surface area contributed by atoms with E-state index in [0.29, 0.717) is 28.6 Å². The van der Waals surface area contributed by atoms with Gasteiger partial charge < -0.3 is 9.13 Å². The fourth-order valence-corrected chi connectivity index (χ4v) is 2.58. The first-order valence-electron chi connectivity index (χ1n) is 7.31. The highest BCUT2D eigenvalue weighted by Gasteiger charge is 2.14. The summed E-state index contributed by atoms with van der Waals surface area (Å²) in [5, 5.41) is 6.98. The highest BCUT2D eigenvalue weighted by Crippen LogP contribution is 2.14. The summed E-state index contributed by atoms with van der Waals surface area (Å²) in [6.45, 7) is 9.68. The molecule has 0 aromatic carbocycles. The van der Waals surface area contributed by atoms with Crippen LogP contribution in [0.25, 0.3) is 11.4 Å². The maximum Gasteiger partial charge on any atom is 0.261 e. The van der Waals surface area contributed by atoms with Crippen molar-refractivity contribution < 1.29 is 0 Å². The third kappa shape index (κ3) is 3.15. The van der Waals surface area contributed by atoms with Crippen molar-refractivity contribution in [3.8, 4) is 11.4 Å². The molecule has 0 saturated heterocycles. The molecule has 0 aliphatic carbocycles. The zero-order valence-electron chi connectivity index (χ0n) is 13.0. The molecule has 114 valence electrons. The Bertz CT molecular complexity index is 739. The summed E-state index contributed by atoms with van der Waals surface area (Å²) in [4.78, 5) is 12.7. The van der Waals surface area contributed by atoms with Crippen LogP contribution in [0.2, 0.25) is 0 Å². The first kappa shape index (κ1) is 15.7. The molecule has 0 radical (unpaired) electrons. The van der Waals surface area contributed by atoms with Crippen LogP contribution in [0.4, 0.5) is 0 Å². The normalized spacial score (nSPS) is 11.3. The number of aromatic amines is 1. The van der Waals surface area contributed by atoms with E-state index in [-0.39, 0.29) is 5.56 Å². The fourth-order valence-electron chi connectivity index (χ4n) is 2.32. The van der Waals surface area contributed by atoms with E-state index in [0.717, 1.165) is 18.7 Å². The molecule has 2 aromatic rings. The molecule has 0 bridgehead atoms. The van der Waals surface area contributed by atoms with Gasteiger partial charge >= 0.3 is 0 Å². The second-order valence-electron chi connectivity index (χ2n) is 5.62. The van der Waals surface area contributed by atoms with Crippen LogP contribution in [-0.4, -0.2) is 19.3 Å². The second kappa shape index (κ2) is 6.39. The predicted octanol–water partition coefficient (Wildman–Crippen LogP) is 3.14. The topological polar surface area (TPSA) is 55.6 Å². The van der Waals surface area contributed by atoms with Crippen LogP contribution in [0.3, 0.4) is 0 Å². The van der Waals surface area contributed by atoms with Gasteiger partial charge in [-0.2, -0.15) is 5.10 Å². The van der Waals surface area contributed by atoms with Crippen molar-refractivity contribution in [1.82, 2.24) is 19.3 Å². The molecule has 0 fully saturated rings. The Labute approximate surface area is 129 Å². The summed E-state index contributed by atoms with van der Waals surface area (Å²) >= 11 is 5.20. The van der Waals surface area contributed by atoms with Crippen molar-refractivity contribution in [2.75, 3.05) is 0 Å². The summed E-state index contributed by atoms with van der Waals surface area (Å²) in [6.07, 6.45) is 0.977. The SMILES string of the molecule is CCn1c(-c2ccc(C)n(CCC(C)C)c2=O)n[nH]c1=S. The van der Waals surface area contributed by atoms with Crippen LogP contribution in [0.1, 0.15) is 32.9 Å². The molecule has 1 N–H and O–H groups in total. The molecule has 0 saturated carbocycles. The zero-order chi connectivity index (χ0) is 15.6. The summed E-state index contributed by atoms with van der Waals surface area (Å²) in [5.41, 5.74) is 1.57. The predicted molar refractivity (Wildman–Crippen MR) is 87.0 cm³/mol. The van der Waals surface area contributed by atoms with Gasteiger partial charge in [0.05, 0.1) is 5.56 Å². The average molecular weight is 306 g/mol. The lowest BCUT2D eigenvalue weighted by atomic mass is 10.1. The lowest BCUT2D eigenvalue weighted by molar-refractivity contribution is 0.502. The Morgan fingerprint density at radius 2 is 2.05 bits per heavy atom. The molecule has 0 unspecified atom stereocenters. The molecule has 0 spiro atoms. The highest BCUT2D eigenvalue weighted by atomic mass is 32.1. The van der Waals surface area contributed by atoms with Crippen molar-refractivity contribution >= 4 is 12.2 Å². The summed E-state index contributed by atoms with van der Waals surface area (Å²) in [6, 6.07) is 3.80. The zero-order valence-corrected chi connectivity index (χ0v) is 13.8. The third-order valence-corrected chi connectivity index (χ3v) is 3.95. The molecule has 2 heterocycles. The van der Waals surface area contributed by atoms with E-state index in [1.165, 1.54) is 0 Å². The molecule has 21 heavy (non-hydrogen) atoms. The van der Waals surface area contributed by atoms with Crippen LogP contribution < -0.4 is 5.56 Å². The van der Waals surface area contributed by atoms with Gasteiger partial charge in [-0.3, -0.25) is 9.89 Å². The Balaban J connectivity index is 2.53. The van der Waals surface area contributed by atoms with Crippen molar-refractivity contribution in [3.63, 3.8) is 0 Å². The number of hydrogen-bond acceptors (Lipinski definition) is 3. The molecule has 0 aliphatic rings. The van der Waals surface area contributed by atoms with Gasteiger partial charge in [-0.05, 0) is 50.5 Å². The molecule has 0 aliphatic heterocycles. The van der Waals surface area contributed by atoms with Crippen molar-refractivity contribution in [3.05, 3.63) is 33.0 Å². The molecule has 0 amide bonds. The molecular formula is C15H22N4OS. The van der Waals surface area contributed by atoms with Crippen LogP contribution in [-0.2, 0) is 13.1 Å². The number of hydrogen-bond donors (Lipinski definition) is 1. The van der Waals surface area contributed by atoms with E-state index in [4.69, 9.17) is 12.2 Å². The maximum absolute atomic E-state index is 12.7. The van der Waals surface area contributed by atoms with E-state index in [1.54, 1.807) is 0 Å². The Hall–Kier alpha value is -1.69. The molecule has 0 atom stereocenters. The number of rotatable bonds is 5. The van der Waals surface area contributed by atoms with E-state index in [1.807, 2.05) is 35.1 Å². The van der Waals surface area contributed by atoms with Gasteiger partial charge in [-0.25, -0.2) is 0 Å². The van der Waals surface area contributed by atoms with E-state index in [9.17, 15) is 4.79 Å². The standard InChI is InChI=1S/C15H22N4OS/c1-5-18-13(16-17-15(18)21)12-7-6-11(4)19(14(12)20)9-8-10(2)3/h6-7,10H,5,8-9H2,1-4H3,(H,17,21). The van der Waals surface area contributed by atoms with Gasteiger partial charge in [0.2, 0.25) is 0 Å². The number of H-pyrrole nitrogens is 1. The van der Waals surface area contributed by atoms with Gasteiger partial charge in [0.15, 0.2) is 10.6 Å². The van der Waals surface area contributed by atoms with Gasteiger partial charge in [0, 0.05) is 18.8 Å². The van der Waals surface area contributed by atoms with Crippen LogP contribution in [0.15, 0.2) is 16.9 Å². The lowest BCUT2D eigenvalue weighted by Gasteiger charge is -2.13. The molecule has 5 nitrogen and oxygen atoms in total.